The van der Waals surface area contributed by atoms with Gasteiger partial charge < -0.3 is 15.1 Å². The molecule has 1 amide bonds. The van der Waals surface area contributed by atoms with Gasteiger partial charge in [-0.3, -0.25) is 4.79 Å². The van der Waals surface area contributed by atoms with E-state index in [4.69, 9.17) is 4.42 Å². The highest BCUT2D eigenvalue weighted by Crippen LogP contribution is 2.25. The first-order valence-electron chi connectivity index (χ1n) is 5.85. The first-order valence-corrected chi connectivity index (χ1v) is 5.85. The maximum absolute atomic E-state index is 11.9. The molecule has 0 radical (unpaired) electrons. The molecule has 2 heterocycles. The molecule has 0 spiro atoms. The van der Waals surface area contributed by atoms with Crippen LogP contribution in [0, 0.1) is 0 Å². The molecule has 2 N–H and O–H groups in total. The number of carbonyl (C=O) groups excluding carboxylic acids is 1. The number of nitrogens with one attached hydrogen (secondary N) is 2. The summed E-state index contributed by atoms with van der Waals surface area (Å²) in [5, 5.41) is 7.03. The Bertz CT molecular complexity index is 541. The molecule has 17 heavy (non-hydrogen) atoms. The summed E-state index contributed by atoms with van der Waals surface area (Å²) >= 11 is 0. The van der Waals surface area contributed by atoms with Gasteiger partial charge >= 0.3 is 0 Å². The number of furan rings is 1. The van der Waals surface area contributed by atoms with Crippen molar-refractivity contribution in [2.24, 2.45) is 0 Å². The Hall–Kier alpha value is -1.81. The van der Waals surface area contributed by atoms with Gasteiger partial charge in [-0.1, -0.05) is 12.1 Å². The van der Waals surface area contributed by atoms with E-state index in [9.17, 15) is 4.79 Å². The van der Waals surface area contributed by atoms with Crippen LogP contribution in [-0.4, -0.2) is 18.5 Å². The van der Waals surface area contributed by atoms with E-state index in [1.54, 1.807) is 6.26 Å². The molecule has 1 aliphatic rings. The van der Waals surface area contributed by atoms with Gasteiger partial charge in [0.15, 0.2) is 0 Å². The van der Waals surface area contributed by atoms with Crippen molar-refractivity contribution < 1.29 is 9.21 Å². The zero-order valence-electron chi connectivity index (χ0n) is 9.40. The lowest BCUT2D eigenvalue weighted by Crippen LogP contribution is -2.35. The minimum Gasteiger partial charge on any atom is -0.462 e. The summed E-state index contributed by atoms with van der Waals surface area (Å²) in [5.74, 6) is 0.0223. The largest absolute Gasteiger partial charge is 0.462 e. The van der Waals surface area contributed by atoms with E-state index in [2.05, 4.69) is 10.6 Å². The highest BCUT2D eigenvalue weighted by molar-refractivity contribution is 6.02. The molecule has 1 saturated heterocycles. The van der Waals surface area contributed by atoms with Crippen molar-refractivity contribution in [1.82, 2.24) is 5.32 Å². The zero-order chi connectivity index (χ0) is 11.7. The van der Waals surface area contributed by atoms with Crippen LogP contribution in [0.5, 0.6) is 0 Å². The number of fused-ring (bicyclic) bond motifs is 1. The fourth-order valence-corrected chi connectivity index (χ4v) is 2.20. The molecular weight excluding hydrogens is 216 g/mol. The van der Waals surface area contributed by atoms with Crippen molar-refractivity contribution in [3.63, 3.8) is 0 Å². The van der Waals surface area contributed by atoms with Gasteiger partial charge in [0.05, 0.1) is 11.7 Å². The Morgan fingerprint density at radius 1 is 1.41 bits per heavy atom. The van der Waals surface area contributed by atoms with E-state index in [-0.39, 0.29) is 11.9 Å². The van der Waals surface area contributed by atoms with Gasteiger partial charge in [-0.25, -0.2) is 0 Å². The number of hydrogen-bond donors (Lipinski definition) is 2. The van der Waals surface area contributed by atoms with Gasteiger partial charge in [-0.05, 0) is 31.5 Å². The molecule has 0 saturated carbocycles. The van der Waals surface area contributed by atoms with Gasteiger partial charge in [0.1, 0.15) is 11.8 Å². The number of benzene rings is 1. The molecule has 4 heteroatoms. The van der Waals surface area contributed by atoms with Gasteiger partial charge in [0.2, 0.25) is 5.91 Å². The molecule has 88 valence electrons. The normalized spacial score (nSPS) is 19.6. The number of hydrogen-bond acceptors (Lipinski definition) is 3. The highest BCUT2D eigenvalue weighted by Gasteiger charge is 2.22. The van der Waals surface area contributed by atoms with Crippen LogP contribution in [0.25, 0.3) is 11.0 Å². The van der Waals surface area contributed by atoms with Crippen LogP contribution in [0.4, 0.5) is 5.69 Å². The number of para-hydroxylation sites is 1. The van der Waals surface area contributed by atoms with Crippen molar-refractivity contribution >= 4 is 22.6 Å². The molecule has 1 aromatic heterocycles. The summed E-state index contributed by atoms with van der Waals surface area (Å²) in [5.41, 5.74) is 1.54. The van der Waals surface area contributed by atoms with Crippen molar-refractivity contribution in [1.29, 1.82) is 0 Å². The van der Waals surface area contributed by atoms with Gasteiger partial charge in [-0.15, -0.1) is 0 Å². The lowest BCUT2D eigenvalue weighted by Gasteiger charge is -2.09. The summed E-state index contributed by atoms with van der Waals surface area (Å²) in [6, 6.07) is 7.61. The first-order chi connectivity index (χ1) is 8.34. The molecule has 0 bridgehead atoms. The second-order valence-electron chi connectivity index (χ2n) is 4.28. The minimum absolute atomic E-state index is 0.0223. The van der Waals surface area contributed by atoms with E-state index in [1.807, 2.05) is 24.3 Å². The minimum atomic E-state index is -0.0661. The first kappa shape index (κ1) is 10.4. The standard InChI is InChI=1S/C13H14N2O2/c16-13(10-5-3-7-14-10)15-11-8-17-12-6-2-1-4-9(11)12/h1-2,4,6,8,10,14H,3,5,7H2,(H,15,16). The third-order valence-corrected chi connectivity index (χ3v) is 3.12. The third kappa shape index (κ3) is 1.91. The zero-order valence-corrected chi connectivity index (χ0v) is 9.40. The summed E-state index contributed by atoms with van der Waals surface area (Å²) in [6.45, 7) is 0.921. The van der Waals surface area contributed by atoms with E-state index in [0.717, 1.165) is 36.0 Å². The molecule has 1 unspecified atom stereocenters. The summed E-state index contributed by atoms with van der Waals surface area (Å²) < 4.78 is 5.38. The lowest BCUT2D eigenvalue weighted by atomic mass is 10.2. The van der Waals surface area contributed by atoms with E-state index in [1.165, 1.54) is 0 Å². The molecule has 2 aromatic rings. The molecule has 1 aliphatic heterocycles. The Morgan fingerprint density at radius 3 is 3.12 bits per heavy atom. The maximum atomic E-state index is 11.9. The van der Waals surface area contributed by atoms with Crippen LogP contribution in [0.3, 0.4) is 0 Å². The fourth-order valence-electron chi connectivity index (χ4n) is 2.20. The van der Waals surface area contributed by atoms with Gasteiger partial charge in [0, 0.05) is 5.39 Å². The predicted molar refractivity (Wildman–Crippen MR) is 65.9 cm³/mol. The van der Waals surface area contributed by atoms with Crippen LogP contribution >= 0.6 is 0 Å². The lowest BCUT2D eigenvalue weighted by molar-refractivity contribution is -0.117. The van der Waals surface area contributed by atoms with Crippen LogP contribution in [-0.2, 0) is 4.79 Å². The Kier molecular flexibility index (Phi) is 2.57. The fraction of sp³-hybridized carbons (Fsp3) is 0.308. The molecular formula is C13H14N2O2. The quantitative estimate of drug-likeness (QED) is 0.831. The Labute approximate surface area is 99.0 Å². The van der Waals surface area contributed by atoms with Crippen molar-refractivity contribution in [2.45, 2.75) is 18.9 Å². The average Bonchev–Trinajstić information content (AvgIpc) is 2.98. The van der Waals surface area contributed by atoms with Crippen LogP contribution in [0.2, 0.25) is 0 Å². The van der Waals surface area contributed by atoms with E-state index >= 15 is 0 Å². The topological polar surface area (TPSA) is 54.3 Å². The SMILES string of the molecule is O=C(Nc1coc2ccccc12)C1CCCN1. The number of rotatable bonds is 2. The predicted octanol–water partition coefficient (Wildman–Crippen LogP) is 2.12. The number of amides is 1. The Morgan fingerprint density at radius 2 is 2.29 bits per heavy atom. The van der Waals surface area contributed by atoms with Gasteiger partial charge in [-0.2, -0.15) is 0 Å². The molecule has 4 nitrogen and oxygen atoms in total. The summed E-state index contributed by atoms with van der Waals surface area (Å²) in [4.78, 5) is 11.9. The summed E-state index contributed by atoms with van der Waals surface area (Å²) in [7, 11) is 0. The maximum Gasteiger partial charge on any atom is 0.241 e. The Balaban J connectivity index is 1.82. The van der Waals surface area contributed by atoms with Crippen molar-refractivity contribution in [3.05, 3.63) is 30.5 Å². The van der Waals surface area contributed by atoms with Crippen molar-refractivity contribution in [2.75, 3.05) is 11.9 Å². The average molecular weight is 230 g/mol. The molecule has 1 atom stereocenters. The number of carbonyl (C=O) groups is 1. The van der Waals surface area contributed by atoms with Crippen LogP contribution in [0.1, 0.15) is 12.8 Å². The van der Waals surface area contributed by atoms with Gasteiger partial charge in [0.25, 0.3) is 0 Å². The molecule has 3 rings (SSSR count). The third-order valence-electron chi connectivity index (χ3n) is 3.12. The van der Waals surface area contributed by atoms with Crippen LogP contribution in [0.15, 0.2) is 34.9 Å². The van der Waals surface area contributed by atoms with E-state index < -0.39 is 0 Å². The molecule has 1 aromatic carbocycles. The highest BCUT2D eigenvalue weighted by atomic mass is 16.3. The monoisotopic (exact) mass is 230 g/mol. The van der Waals surface area contributed by atoms with Crippen LogP contribution < -0.4 is 10.6 Å². The number of anilines is 1. The van der Waals surface area contributed by atoms with E-state index in [0.29, 0.717) is 0 Å². The second-order valence-corrected chi connectivity index (χ2v) is 4.28. The second kappa shape index (κ2) is 4.22. The van der Waals surface area contributed by atoms with Crippen molar-refractivity contribution in [3.8, 4) is 0 Å². The smallest absolute Gasteiger partial charge is 0.241 e. The summed E-state index contributed by atoms with van der Waals surface area (Å²) in [6.07, 6.45) is 3.56. The molecule has 0 aliphatic carbocycles. The molecule has 1 fully saturated rings.